The molecule has 0 aliphatic rings. The molecule has 156 valence electrons. The molecule has 3 aromatic rings. The molecule has 30 heavy (non-hydrogen) atoms. The van der Waals surface area contributed by atoms with Gasteiger partial charge in [-0.15, -0.1) is 10.2 Å². The summed E-state index contributed by atoms with van der Waals surface area (Å²) in [5.41, 5.74) is 6.55. The minimum absolute atomic E-state index is 0.176. The third-order valence-corrected chi connectivity index (χ3v) is 5.18. The summed E-state index contributed by atoms with van der Waals surface area (Å²) >= 11 is 1.10. The Hall–Kier alpha value is -3.37. The van der Waals surface area contributed by atoms with Gasteiger partial charge >= 0.3 is 0 Å². The van der Waals surface area contributed by atoms with Crippen LogP contribution in [0.5, 0.6) is 5.75 Å². The topological polar surface area (TPSA) is 110 Å². The minimum atomic E-state index is -0.846. The molecule has 1 atom stereocenters. The number of benzene rings is 2. The third-order valence-electron chi connectivity index (χ3n) is 4.27. The number of carbonyl (C=O) groups excluding carboxylic acids is 2. The fourth-order valence-electron chi connectivity index (χ4n) is 2.89. The van der Waals surface area contributed by atoms with E-state index in [0.29, 0.717) is 22.0 Å². The minimum Gasteiger partial charge on any atom is -0.497 e. The van der Waals surface area contributed by atoms with Crippen LogP contribution in [0, 0.1) is 5.82 Å². The van der Waals surface area contributed by atoms with E-state index in [1.54, 1.807) is 49.4 Å². The Labute approximate surface area is 176 Å². The van der Waals surface area contributed by atoms with E-state index in [1.165, 1.54) is 18.2 Å². The molecule has 2 aromatic carbocycles. The summed E-state index contributed by atoms with van der Waals surface area (Å²) in [6.45, 7) is 0.206. The number of ether oxygens (including phenoxy) is 1. The number of likely N-dealkylation sites (N-methyl/N-ethyl adjacent to an activating group) is 1. The van der Waals surface area contributed by atoms with Crippen molar-refractivity contribution < 1.29 is 18.7 Å². The first-order chi connectivity index (χ1) is 14.4. The average Bonchev–Trinajstić information content (AvgIpc) is 3.17. The van der Waals surface area contributed by atoms with E-state index in [-0.39, 0.29) is 11.6 Å². The molecule has 3 rings (SSSR count). The normalized spacial score (nSPS) is 11.9. The van der Waals surface area contributed by atoms with Crippen LogP contribution in [-0.4, -0.2) is 41.1 Å². The molecule has 0 aliphatic carbocycles. The molecular weight excluding hydrogens is 409 g/mol. The Balaban J connectivity index is 1.68. The average molecular weight is 429 g/mol. The number of nitrogens with one attached hydrogen (secondary N) is 1. The number of hydrogen-bond acceptors (Lipinski definition) is 7. The molecular formula is C20H20FN5O3S. The summed E-state index contributed by atoms with van der Waals surface area (Å²) < 4.78 is 18.6. The summed E-state index contributed by atoms with van der Waals surface area (Å²) in [6, 6.07) is 11.7. The van der Waals surface area contributed by atoms with Gasteiger partial charge < -0.3 is 15.8 Å². The molecule has 10 heteroatoms. The highest BCUT2D eigenvalue weighted by molar-refractivity contribution is 7.13. The fourth-order valence-corrected chi connectivity index (χ4v) is 3.68. The zero-order valence-corrected chi connectivity index (χ0v) is 17.1. The standard InChI is InChI=1S/C20H20FN5O3S/c1-26(17(18(22)27)12-4-3-5-13(21)10-12)11-16-24-25-20(30-16)19(28)23-14-6-8-15(29-2)9-7-14/h3-10,17H,11H2,1-2H3,(H2,22,27)(H,23,28). The first-order valence-electron chi connectivity index (χ1n) is 8.90. The number of nitrogens with two attached hydrogens (primary N) is 1. The maximum absolute atomic E-state index is 13.6. The molecule has 1 unspecified atom stereocenters. The highest BCUT2D eigenvalue weighted by Gasteiger charge is 2.25. The molecule has 0 fully saturated rings. The Morgan fingerprint density at radius 1 is 1.23 bits per heavy atom. The first kappa shape index (κ1) is 21.3. The van der Waals surface area contributed by atoms with Crippen molar-refractivity contribution in [2.75, 3.05) is 19.5 Å². The second-order valence-electron chi connectivity index (χ2n) is 6.46. The SMILES string of the molecule is COc1ccc(NC(=O)c2nnc(CN(C)C(C(N)=O)c3cccc(F)c3)s2)cc1. The lowest BCUT2D eigenvalue weighted by atomic mass is 10.1. The van der Waals surface area contributed by atoms with Gasteiger partial charge in [-0.1, -0.05) is 23.5 Å². The number of hydrogen-bond donors (Lipinski definition) is 2. The van der Waals surface area contributed by atoms with Crippen molar-refractivity contribution in [3.8, 4) is 5.75 Å². The van der Waals surface area contributed by atoms with Crippen molar-refractivity contribution in [2.45, 2.75) is 12.6 Å². The number of amides is 2. The van der Waals surface area contributed by atoms with E-state index in [1.807, 2.05) is 0 Å². The van der Waals surface area contributed by atoms with Crippen LogP contribution in [-0.2, 0) is 11.3 Å². The van der Waals surface area contributed by atoms with Crippen LogP contribution in [0.1, 0.15) is 26.4 Å². The van der Waals surface area contributed by atoms with Crippen LogP contribution >= 0.6 is 11.3 Å². The van der Waals surface area contributed by atoms with Crippen LogP contribution in [0.15, 0.2) is 48.5 Å². The number of aromatic nitrogens is 2. The molecule has 8 nitrogen and oxygen atoms in total. The Morgan fingerprint density at radius 2 is 1.97 bits per heavy atom. The van der Waals surface area contributed by atoms with Gasteiger partial charge in [0.1, 0.15) is 22.6 Å². The van der Waals surface area contributed by atoms with Gasteiger partial charge in [-0.2, -0.15) is 0 Å². The largest absolute Gasteiger partial charge is 0.497 e. The number of carbonyl (C=O) groups is 2. The van der Waals surface area contributed by atoms with E-state index in [9.17, 15) is 14.0 Å². The lowest BCUT2D eigenvalue weighted by molar-refractivity contribution is -0.123. The van der Waals surface area contributed by atoms with Gasteiger partial charge in [-0.3, -0.25) is 14.5 Å². The van der Waals surface area contributed by atoms with Crippen LogP contribution in [0.25, 0.3) is 0 Å². The molecule has 0 saturated carbocycles. The van der Waals surface area contributed by atoms with E-state index in [0.717, 1.165) is 11.3 Å². The molecule has 0 bridgehead atoms. The quantitative estimate of drug-likeness (QED) is 0.570. The lowest BCUT2D eigenvalue weighted by Crippen LogP contribution is -2.35. The zero-order chi connectivity index (χ0) is 21.7. The van der Waals surface area contributed by atoms with Gasteiger partial charge in [0.05, 0.1) is 13.7 Å². The van der Waals surface area contributed by atoms with Gasteiger partial charge in [0, 0.05) is 5.69 Å². The van der Waals surface area contributed by atoms with Crippen molar-refractivity contribution in [1.82, 2.24) is 15.1 Å². The Kier molecular flexibility index (Phi) is 6.70. The van der Waals surface area contributed by atoms with Crippen molar-refractivity contribution in [3.63, 3.8) is 0 Å². The predicted octanol–water partition coefficient (Wildman–Crippen LogP) is 2.60. The molecule has 0 aliphatic heterocycles. The van der Waals surface area contributed by atoms with Crippen LogP contribution in [0.3, 0.4) is 0 Å². The number of methoxy groups -OCH3 is 1. The van der Waals surface area contributed by atoms with E-state index in [4.69, 9.17) is 10.5 Å². The molecule has 1 aromatic heterocycles. The number of nitrogens with zero attached hydrogens (tertiary/aromatic N) is 3. The third kappa shape index (κ3) is 5.16. The van der Waals surface area contributed by atoms with Crippen molar-refractivity contribution in [2.24, 2.45) is 5.73 Å². The van der Waals surface area contributed by atoms with E-state index in [2.05, 4.69) is 15.5 Å². The zero-order valence-electron chi connectivity index (χ0n) is 16.3. The van der Waals surface area contributed by atoms with Crippen molar-refractivity contribution in [3.05, 3.63) is 69.9 Å². The fraction of sp³-hybridized carbons (Fsp3) is 0.200. The smallest absolute Gasteiger partial charge is 0.286 e. The maximum Gasteiger partial charge on any atom is 0.286 e. The summed E-state index contributed by atoms with van der Waals surface area (Å²) in [6.07, 6.45) is 0. The number of rotatable bonds is 8. The molecule has 3 N–H and O–H groups in total. The molecule has 0 radical (unpaired) electrons. The van der Waals surface area contributed by atoms with E-state index >= 15 is 0 Å². The van der Waals surface area contributed by atoms with Gasteiger partial charge in [-0.25, -0.2) is 4.39 Å². The van der Waals surface area contributed by atoms with Crippen LogP contribution < -0.4 is 15.8 Å². The van der Waals surface area contributed by atoms with Gasteiger partial charge in [0.2, 0.25) is 10.9 Å². The highest BCUT2D eigenvalue weighted by Crippen LogP contribution is 2.23. The summed E-state index contributed by atoms with van der Waals surface area (Å²) in [7, 11) is 3.23. The monoisotopic (exact) mass is 429 g/mol. The van der Waals surface area contributed by atoms with Gasteiger partial charge in [0.15, 0.2) is 0 Å². The molecule has 0 saturated heterocycles. The maximum atomic E-state index is 13.6. The molecule has 0 spiro atoms. The van der Waals surface area contributed by atoms with Crippen molar-refractivity contribution >= 4 is 28.8 Å². The second-order valence-corrected chi connectivity index (χ2v) is 7.52. The van der Waals surface area contributed by atoms with Crippen LogP contribution in [0.4, 0.5) is 10.1 Å². The highest BCUT2D eigenvalue weighted by atomic mass is 32.1. The predicted molar refractivity (Wildman–Crippen MR) is 111 cm³/mol. The molecule has 1 heterocycles. The van der Waals surface area contributed by atoms with Gasteiger partial charge in [-0.05, 0) is 49.0 Å². The number of halogens is 1. The number of primary amides is 1. The summed E-state index contributed by atoms with van der Waals surface area (Å²) in [5, 5.41) is 11.4. The first-order valence-corrected chi connectivity index (χ1v) is 9.72. The second kappa shape index (κ2) is 9.42. The molecule has 2 amide bonds. The van der Waals surface area contributed by atoms with Crippen molar-refractivity contribution in [1.29, 1.82) is 0 Å². The summed E-state index contributed by atoms with van der Waals surface area (Å²) in [4.78, 5) is 26.0. The van der Waals surface area contributed by atoms with Gasteiger partial charge in [0.25, 0.3) is 5.91 Å². The lowest BCUT2D eigenvalue weighted by Gasteiger charge is -2.24. The Morgan fingerprint density at radius 3 is 2.60 bits per heavy atom. The van der Waals surface area contributed by atoms with Crippen LogP contribution in [0.2, 0.25) is 0 Å². The number of anilines is 1. The van der Waals surface area contributed by atoms with E-state index < -0.39 is 23.7 Å². The Bertz CT molecular complexity index is 1040. The summed E-state index contributed by atoms with van der Waals surface area (Å²) in [5.74, 6) is -0.801.